The van der Waals surface area contributed by atoms with Crippen LogP contribution in [0.25, 0.3) is 11.1 Å². The molecule has 0 bridgehead atoms. The second kappa shape index (κ2) is 4.31. The fourth-order valence-corrected chi connectivity index (χ4v) is 1.50. The third-order valence-corrected chi connectivity index (χ3v) is 2.44. The van der Waals surface area contributed by atoms with E-state index in [9.17, 15) is 4.39 Å². The van der Waals surface area contributed by atoms with Crippen LogP contribution in [0.2, 0.25) is 0 Å². The predicted molar refractivity (Wildman–Crippen MR) is 60.9 cm³/mol. The van der Waals surface area contributed by atoms with Crippen LogP contribution in [0.1, 0.15) is 5.56 Å². The van der Waals surface area contributed by atoms with Crippen molar-refractivity contribution >= 4 is 0 Å². The summed E-state index contributed by atoms with van der Waals surface area (Å²) in [6.45, 7) is 1.70. The number of benzene rings is 1. The first kappa shape index (κ1) is 10.6. The van der Waals surface area contributed by atoms with Gasteiger partial charge in [-0.1, -0.05) is 12.1 Å². The molecule has 1 aromatic heterocycles. The van der Waals surface area contributed by atoms with E-state index in [1.54, 1.807) is 20.1 Å². The lowest BCUT2D eigenvalue weighted by Gasteiger charge is -2.04. The van der Waals surface area contributed by atoms with Gasteiger partial charge in [-0.25, -0.2) is 4.98 Å². The van der Waals surface area contributed by atoms with E-state index in [4.69, 9.17) is 4.74 Å². The summed E-state index contributed by atoms with van der Waals surface area (Å²) in [5, 5.41) is 0. The van der Waals surface area contributed by atoms with Crippen molar-refractivity contribution in [3.8, 4) is 16.9 Å². The van der Waals surface area contributed by atoms with E-state index in [1.807, 2.05) is 24.3 Å². The zero-order chi connectivity index (χ0) is 11.5. The number of rotatable bonds is 2. The number of nitrogens with zero attached hydrogens (tertiary/aromatic N) is 1. The molecule has 0 fully saturated rings. The molecule has 82 valence electrons. The van der Waals surface area contributed by atoms with Gasteiger partial charge in [-0.05, 0) is 30.7 Å². The number of aryl methyl sites for hydroxylation is 1. The number of pyridine rings is 1. The molecule has 0 N–H and O–H groups in total. The highest BCUT2D eigenvalue weighted by atomic mass is 19.1. The Hall–Kier alpha value is -1.90. The average molecular weight is 217 g/mol. The molecule has 3 heteroatoms. The topological polar surface area (TPSA) is 22.1 Å². The minimum atomic E-state index is -0.419. The third kappa shape index (κ3) is 2.03. The summed E-state index contributed by atoms with van der Waals surface area (Å²) in [7, 11) is 1.62. The Kier molecular flexibility index (Phi) is 2.86. The molecule has 0 aliphatic carbocycles. The number of hydrogen-bond donors (Lipinski definition) is 0. The lowest BCUT2D eigenvalue weighted by Crippen LogP contribution is -1.89. The number of aromatic nitrogens is 1. The van der Waals surface area contributed by atoms with Crippen LogP contribution in [0.15, 0.2) is 36.5 Å². The molecule has 1 heterocycles. The molecule has 0 saturated carbocycles. The van der Waals surface area contributed by atoms with Gasteiger partial charge in [0.15, 0.2) is 0 Å². The van der Waals surface area contributed by atoms with Crippen LogP contribution in [0.4, 0.5) is 4.39 Å². The SMILES string of the molecule is COc1ccc(-c2cnc(F)c(C)c2)cc1. The molecule has 16 heavy (non-hydrogen) atoms. The molecular weight excluding hydrogens is 205 g/mol. The van der Waals surface area contributed by atoms with Gasteiger partial charge >= 0.3 is 0 Å². The van der Waals surface area contributed by atoms with Gasteiger partial charge < -0.3 is 4.74 Å². The summed E-state index contributed by atoms with van der Waals surface area (Å²) in [6.07, 6.45) is 1.53. The molecule has 0 saturated heterocycles. The highest BCUT2D eigenvalue weighted by Crippen LogP contribution is 2.22. The largest absolute Gasteiger partial charge is 0.497 e. The second-order valence-corrected chi connectivity index (χ2v) is 3.56. The van der Waals surface area contributed by atoms with Crippen molar-refractivity contribution in [3.05, 3.63) is 48.0 Å². The summed E-state index contributed by atoms with van der Waals surface area (Å²) in [4.78, 5) is 3.70. The van der Waals surface area contributed by atoms with Gasteiger partial charge in [-0.3, -0.25) is 0 Å². The van der Waals surface area contributed by atoms with E-state index in [1.165, 1.54) is 6.20 Å². The molecule has 0 radical (unpaired) electrons. The molecule has 0 atom stereocenters. The molecule has 2 rings (SSSR count). The summed E-state index contributed by atoms with van der Waals surface area (Å²) in [5.74, 6) is 0.382. The van der Waals surface area contributed by atoms with Crippen LogP contribution in [0.5, 0.6) is 5.75 Å². The standard InChI is InChI=1S/C13H12FNO/c1-9-7-11(8-15-13(9)14)10-3-5-12(16-2)6-4-10/h3-8H,1-2H3. The Balaban J connectivity index is 2.38. The van der Waals surface area contributed by atoms with E-state index in [0.29, 0.717) is 5.56 Å². The molecule has 2 aromatic rings. The van der Waals surface area contributed by atoms with Gasteiger partial charge in [-0.15, -0.1) is 0 Å². The van der Waals surface area contributed by atoms with Crippen LogP contribution in [-0.4, -0.2) is 12.1 Å². The highest BCUT2D eigenvalue weighted by Gasteiger charge is 2.02. The van der Waals surface area contributed by atoms with E-state index < -0.39 is 5.95 Å². The summed E-state index contributed by atoms with van der Waals surface area (Å²) in [6, 6.07) is 9.37. The van der Waals surface area contributed by atoms with Gasteiger partial charge in [-0.2, -0.15) is 4.39 Å². The normalized spacial score (nSPS) is 10.2. The minimum Gasteiger partial charge on any atom is -0.497 e. The van der Waals surface area contributed by atoms with Crippen molar-refractivity contribution in [2.24, 2.45) is 0 Å². The summed E-state index contributed by atoms with van der Waals surface area (Å²) < 4.78 is 18.1. The van der Waals surface area contributed by atoms with Crippen LogP contribution in [0.3, 0.4) is 0 Å². The van der Waals surface area contributed by atoms with Crippen molar-refractivity contribution in [3.63, 3.8) is 0 Å². The number of ether oxygens (including phenoxy) is 1. The van der Waals surface area contributed by atoms with Gasteiger partial charge in [0.05, 0.1) is 7.11 Å². The second-order valence-electron chi connectivity index (χ2n) is 3.56. The summed E-state index contributed by atoms with van der Waals surface area (Å²) >= 11 is 0. The monoisotopic (exact) mass is 217 g/mol. The fourth-order valence-electron chi connectivity index (χ4n) is 1.50. The summed E-state index contributed by atoms with van der Waals surface area (Å²) in [5.41, 5.74) is 2.45. The zero-order valence-electron chi connectivity index (χ0n) is 9.20. The van der Waals surface area contributed by atoms with Gasteiger partial charge in [0.25, 0.3) is 0 Å². The average Bonchev–Trinajstić information content (AvgIpc) is 2.33. The molecule has 0 unspecified atom stereocenters. The van der Waals surface area contributed by atoms with E-state index in [-0.39, 0.29) is 0 Å². The fraction of sp³-hybridized carbons (Fsp3) is 0.154. The molecule has 1 aromatic carbocycles. The maximum atomic E-state index is 13.0. The van der Waals surface area contributed by atoms with Crippen LogP contribution in [-0.2, 0) is 0 Å². The number of methoxy groups -OCH3 is 1. The highest BCUT2D eigenvalue weighted by molar-refractivity contribution is 5.63. The maximum absolute atomic E-state index is 13.0. The number of hydrogen-bond acceptors (Lipinski definition) is 2. The van der Waals surface area contributed by atoms with Crippen LogP contribution < -0.4 is 4.74 Å². The van der Waals surface area contributed by atoms with Crippen molar-refractivity contribution < 1.29 is 9.13 Å². The van der Waals surface area contributed by atoms with Gasteiger partial charge in [0, 0.05) is 17.3 Å². The molecule has 0 spiro atoms. The molecule has 2 nitrogen and oxygen atoms in total. The Labute approximate surface area is 93.7 Å². The Bertz CT molecular complexity index is 494. The third-order valence-electron chi connectivity index (χ3n) is 2.44. The van der Waals surface area contributed by atoms with Gasteiger partial charge in [0.2, 0.25) is 5.95 Å². The van der Waals surface area contributed by atoms with Crippen molar-refractivity contribution in [1.82, 2.24) is 4.98 Å². The lowest BCUT2D eigenvalue weighted by molar-refractivity contribution is 0.415. The Morgan fingerprint density at radius 2 is 1.81 bits per heavy atom. The van der Waals surface area contributed by atoms with Gasteiger partial charge in [0.1, 0.15) is 5.75 Å². The first-order chi connectivity index (χ1) is 7.70. The van der Waals surface area contributed by atoms with Crippen LogP contribution in [0, 0.1) is 12.9 Å². The number of halogens is 1. The maximum Gasteiger partial charge on any atom is 0.215 e. The Morgan fingerprint density at radius 3 is 2.38 bits per heavy atom. The molecule has 0 aliphatic heterocycles. The molecular formula is C13H12FNO. The van der Waals surface area contributed by atoms with Crippen molar-refractivity contribution in [2.75, 3.05) is 7.11 Å². The molecule has 0 amide bonds. The smallest absolute Gasteiger partial charge is 0.215 e. The first-order valence-corrected chi connectivity index (χ1v) is 4.97. The predicted octanol–water partition coefficient (Wildman–Crippen LogP) is 3.20. The van der Waals surface area contributed by atoms with E-state index in [0.717, 1.165) is 16.9 Å². The molecule has 0 aliphatic rings. The quantitative estimate of drug-likeness (QED) is 0.720. The zero-order valence-corrected chi connectivity index (χ0v) is 9.20. The van der Waals surface area contributed by atoms with E-state index in [2.05, 4.69) is 4.98 Å². The Morgan fingerprint density at radius 1 is 1.12 bits per heavy atom. The van der Waals surface area contributed by atoms with E-state index >= 15 is 0 Å². The first-order valence-electron chi connectivity index (χ1n) is 4.97. The van der Waals surface area contributed by atoms with Crippen LogP contribution >= 0.6 is 0 Å². The van der Waals surface area contributed by atoms with Crippen molar-refractivity contribution in [2.45, 2.75) is 6.92 Å². The lowest BCUT2D eigenvalue weighted by atomic mass is 10.1. The minimum absolute atomic E-state index is 0.419. The van der Waals surface area contributed by atoms with Crippen molar-refractivity contribution in [1.29, 1.82) is 0 Å².